The van der Waals surface area contributed by atoms with Gasteiger partial charge < -0.3 is 0 Å². The molecule has 1 aromatic heterocycles. The number of benzene rings is 1. The number of hydrogen-bond acceptors (Lipinski definition) is 3. The number of aldehydes is 1. The van der Waals surface area contributed by atoms with Crippen LogP contribution >= 0.6 is 0 Å². The first-order valence-electron chi connectivity index (χ1n) is 5.54. The Bertz CT molecular complexity index is 605. The average Bonchev–Trinajstić information content (AvgIpc) is 2.80. The van der Waals surface area contributed by atoms with E-state index in [1.807, 2.05) is 0 Å². The molecule has 0 aliphatic carbocycles. The number of alkyl halides is 3. The van der Waals surface area contributed by atoms with Crippen LogP contribution in [0.3, 0.4) is 0 Å². The number of rotatable bonds is 3. The highest BCUT2D eigenvalue weighted by molar-refractivity contribution is 5.73. The highest BCUT2D eigenvalue weighted by Gasteiger charge is 2.30. The zero-order valence-corrected chi connectivity index (χ0v) is 9.98. The van der Waals surface area contributed by atoms with Gasteiger partial charge in [0.2, 0.25) is 0 Å². The van der Waals surface area contributed by atoms with Crippen LogP contribution in [0.2, 0.25) is 0 Å². The third-order valence-electron chi connectivity index (χ3n) is 2.66. The van der Waals surface area contributed by atoms with Crippen molar-refractivity contribution in [3.8, 4) is 5.69 Å². The normalized spacial score (nSPS) is 11.6. The van der Waals surface area contributed by atoms with Crippen molar-refractivity contribution in [2.45, 2.75) is 19.5 Å². The Hall–Kier alpha value is -2.18. The van der Waals surface area contributed by atoms with Crippen LogP contribution < -0.4 is 0 Å². The first-order chi connectivity index (χ1) is 8.97. The quantitative estimate of drug-likeness (QED) is 0.805. The highest BCUT2D eigenvalue weighted by atomic mass is 19.4. The molecule has 100 valence electrons. The van der Waals surface area contributed by atoms with Crippen LogP contribution in [0.15, 0.2) is 24.3 Å². The predicted octanol–water partition coefficient (Wildman–Crippen LogP) is 2.66. The zero-order chi connectivity index (χ0) is 14.0. The Morgan fingerprint density at radius 3 is 2.68 bits per heavy atom. The van der Waals surface area contributed by atoms with Crippen LogP contribution in [0.1, 0.15) is 28.7 Å². The Labute approximate surface area is 106 Å². The highest BCUT2D eigenvalue weighted by Crippen LogP contribution is 2.30. The number of nitrogens with zero attached hydrogens (tertiary/aromatic N) is 3. The van der Waals surface area contributed by atoms with Crippen molar-refractivity contribution in [3.05, 3.63) is 41.2 Å². The van der Waals surface area contributed by atoms with Crippen molar-refractivity contribution >= 4 is 6.29 Å². The first kappa shape index (κ1) is 13.3. The lowest BCUT2D eigenvalue weighted by molar-refractivity contribution is -0.137. The van der Waals surface area contributed by atoms with E-state index in [0.29, 0.717) is 18.4 Å². The van der Waals surface area contributed by atoms with Gasteiger partial charge in [0.1, 0.15) is 5.69 Å². The summed E-state index contributed by atoms with van der Waals surface area (Å²) in [5, 5.41) is 7.36. The minimum absolute atomic E-state index is 0.139. The van der Waals surface area contributed by atoms with Crippen molar-refractivity contribution < 1.29 is 18.0 Å². The molecule has 0 unspecified atom stereocenters. The lowest BCUT2D eigenvalue weighted by Crippen LogP contribution is -2.08. The molecule has 2 rings (SSSR count). The van der Waals surface area contributed by atoms with E-state index < -0.39 is 11.7 Å². The van der Waals surface area contributed by atoms with E-state index in [4.69, 9.17) is 0 Å². The molecule has 19 heavy (non-hydrogen) atoms. The van der Waals surface area contributed by atoms with Crippen molar-refractivity contribution in [1.82, 2.24) is 15.0 Å². The van der Waals surface area contributed by atoms with E-state index in [-0.39, 0.29) is 11.4 Å². The molecule has 0 fully saturated rings. The molecule has 0 atom stereocenters. The van der Waals surface area contributed by atoms with Crippen LogP contribution in [-0.4, -0.2) is 21.3 Å². The molecule has 4 nitrogen and oxygen atoms in total. The predicted molar refractivity (Wildman–Crippen MR) is 61.1 cm³/mol. The van der Waals surface area contributed by atoms with Gasteiger partial charge in [-0.05, 0) is 24.6 Å². The van der Waals surface area contributed by atoms with Crippen LogP contribution in [0, 0.1) is 0 Å². The SMILES string of the molecule is CCc1c(C=O)nnn1-c1cccc(C(F)(F)F)c1. The fourth-order valence-electron chi connectivity index (χ4n) is 1.76. The lowest BCUT2D eigenvalue weighted by atomic mass is 10.2. The lowest BCUT2D eigenvalue weighted by Gasteiger charge is -2.09. The van der Waals surface area contributed by atoms with Gasteiger partial charge in [-0.3, -0.25) is 4.79 Å². The fraction of sp³-hybridized carbons (Fsp3) is 0.250. The second kappa shape index (κ2) is 4.83. The number of aromatic nitrogens is 3. The van der Waals surface area contributed by atoms with E-state index in [1.54, 1.807) is 6.92 Å². The van der Waals surface area contributed by atoms with Gasteiger partial charge in [0.05, 0.1) is 16.9 Å². The summed E-state index contributed by atoms with van der Waals surface area (Å²) in [7, 11) is 0. The Morgan fingerprint density at radius 1 is 1.37 bits per heavy atom. The number of halogens is 3. The maximum Gasteiger partial charge on any atom is 0.416 e. The van der Waals surface area contributed by atoms with Crippen molar-refractivity contribution in [2.24, 2.45) is 0 Å². The van der Waals surface area contributed by atoms with Gasteiger partial charge in [0.25, 0.3) is 0 Å². The summed E-state index contributed by atoms with van der Waals surface area (Å²) in [5.41, 5.74) is 0.0803. The fourth-order valence-corrected chi connectivity index (χ4v) is 1.76. The van der Waals surface area contributed by atoms with Gasteiger partial charge in [-0.1, -0.05) is 18.2 Å². The molecule has 7 heteroatoms. The summed E-state index contributed by atoms with van der Waals surface area (Å²) in [5.74, 6) is 0. The topological polar surface area (TPSA) is 47.8 Å². The van der Waals surface area contributed by atoms with Crippen molar-refractivity contribution in [2.75, 3.05) is 0 Å². The van der Waals surface area contributed by atoms with Gasteiger partial charge in [-0.25, -0.2) is 4.68 Å². The molecule has 0 aliphatic heterocycles. The number of hydrogen-bond donors (Lipinski definition) is 0. The van der Waals surface area contributed by atoms with Gasteiger partial charge in [0.15, 0.2) is 6.29 Å². The van der Waals surface area contributed by atoms with Crippen molar-refractivity contribution in [3.63, 3.8) is 0 Å². The van der Waals surface area contributed by atoms with Crippen LogP contribution in [0.5, 0.6) is 0 Å². The Balaban J connectivity index is 2.53. The minimum atomic E-state index is -4.42. The third-order valence-corrected chi connectivity index (χ3v) is 2.66. The third kappa shape index (κ3) is 2.49. The summed E-state index contributed by atoms with van der Waals surface area (Å²) in [6, 6.07) is 4.73. The Morgan fingerprint density at radius 2 is 2.11 bits per heavy atom. The van der Waals surface area contributed by atoms with E-state index in [2.05, 4.69) is 10.3 Å². The molecule has 0 aliphatic rings. The largest absolute Gasteiger partial charge is 0.416 e. The molecule has 1 heterocycles. The first-order valence-corrected chi connectivity index (χ1v) is 5.54. The van der Waals surface area contributed by atoms with E-state index in [0.717, 1.165) is 12.1 Å². The van der Waals surface area contributed by atoms with Crippen LogP contribution in [0.4, 0.5) is 13.2 Å². The molecular formula is C12H10F3N3O. The summed E-state index contributed by atoms with van der Waals surface area (Å²) in [6.07, 6.45) is -3.44. The molecule has 0 radical (unpaired) electrons. The molecule has 2 aromatic rings. The standard InChI is InChI=1S/C12H10F3N3O/c1-2-11-10(7-19)16-17-18(11)9-5-3-4-8(6-9)12(13,14)15/h3-7H,2H2,1H3. The van der Waals surface area contributed by atoms with Gasteiger partial charge in [-0.15, -0.1) is 5.10 Å². The van der Waals surface area contributed by atoms with Crippen molar-refractivity contribution in [1.29, 1.82) is 0 Å². The number of carbonyl (C=O) groups is 1. The number of carbonyl (C=O) groups excluding carboxylic acids is 1. The maximum absolute atomic E-state index is 12.6. The summed E-state index contributed by atoms with van der Waals surface area (Å²) < 4.78 is 39.2. The minimum Gasteiger partial charge on any atom is -0.296 e. The van der Waals surface area contributed by atoms with E-state index >= 15 is 0 Å². The average molecular weight is 269 g/mol. The van der Waals surface area contributed by atoms with Crippen LogP contribution in [-0.2, 0) is 12.6 Å². The molecule has 0 saturated carbocycles. The molecular weight excluding hydrogens is 259 g/mol. The van der Waals surface area contributed by atoms with E-state index in [1.165, 1.54) is 16.8 Å². The zero-order valence-electron chi connectivity index (χ0n) is 9.98. The van der Waals surface area contributed by atoms with E-state index in [9.17, 15) is 18.0 Å². The second-order valence-corrected chi connectivity index (χ2v) is 3.85. The van der Waals surface area contributed by atoms with Gasteiger partial charge >= 0.3 is 6.18 Å². The van der Waals surface area contributed by atoms with Crippen LogP contribution in [0.25, 0.3) is 5.69 Å². The molecule has 0 N–H and O–H groups in total. The van der Waals surface area contributed by atoms with Gasteiger partial charge in [0, 0.05) is 0 Å². The summed E-state index contributed by atoms with van der Waals surface area (Å²) in [4.78, 5) is 10.8. The molecule has 0 spiro atoms. The molecule has 0 saturated heterocycles. The van der Waals surface area contributed by atoms with Gasteiger partial charge in [-0.2, -0.15) is 13.2 Å². The molecule has 1 aromatic carbocycles. The monoisotopic (exact) mass is 269 g/mol. The smallest absolute Gasteiger partial charge is 0.296 e. The second-order valence-electron chi connectivity index (χ2n) is 3.85. The summed E-state index contributed by atoms with van der Waals surface area (Å²) in [6.45, 7) is 1.77. The molecule has 0 amide bonds. The molecule has 0 bridgehead atoms. The Kier molecular flexibility index (Phi) is 3.37. The summed E-state index contributed by atoms with van der Waals surface area (Å²) >= 11 is 0. The maximum atomic E-state index is 12.6.